The van der Waals surface area contributed by atoms with Gasteiger partial charge in [0.15, 0.2) is 0 Å². The van der Waals surface area contributed by atoms with Crippen LogP contribution in [0.5, 0.6) is 0 Å². The topological polar surface area (TPSA) is 114 Å². The first kappa shape index (κ1) is 71.7. The molecule has 3 unspecified atom stereocenters. The first-order chi connectivity index (χ1) is 35.9. The van der Waals surface area contributed by atoms with Crippen molar-refractivity contribution >= 4 is 19.7 Å². The summed E-state index contributed by atoms with van der Waals surface area (Å²) >= 11 is 0. The Morgan fingerprint density at radius 2 is 0.824 bits per heavy atom. The van der Waals surface area contributed by atoms with Gasteiger partial charge in [-0.15, -0.1) is 0 Å². The van der Waals surface area contributed by atoms with Crippen molar-refractivity contribution < 1.29 is 37.3 Å². The lowest BCUT2D eigenvalue weighted by Crippen LogP contribution is -2.47. The van der Waals surface area contributed by atoms with E-state index < -0.39 is 26.6 Å². The lowest BCUT2D eigenvalue weighted by Gasteiger charge is -2.30. The molecule has 0 aromatic rings. The summed E-state index contributed by atoms with van der Waals surface area (Å²) in [7, 11) is 1.17. The van der Waals surface area contributed by atoms with Gasteiger partial charge in [-0.25, -0.2) is 0 Å². The number of hydrogen-bond donors (Lipinski definition) is 1. The monoisotopic (exact) mass is 1060 g/mol. The fourth-order valence-corrected chi connectivity index (χ4v) is 9.54. The largest absolute Gasteiger partial charge is 0.756 e. The first-order valence-corrected chi connectivity index (χ1v) is 32.6. The number of likely N-dealkylation sites (N-methyl/N-ethyl adjacent to an activating group) is 1. The predicted molar refractivity (Wildman–Crippen MR) is 316 cm³/mol. The van der Waals surface area contributed by atoms with E-state index in [1.807, 2.05) is 33.3 Å². The molecule has 432 valence electrons. The van der Waals surface area contributed by atoms with Crippen molar-refractivity contribution in [2.75, 3.05) is 40.9 Å². The van der Waals surface area contributed by atoms with Crippen LogP contribution in [0.2, 0.25) is 0 Å². The molecule has 0 aliphatic rings. The summed E-state index contributed by atoms with van der Waals surface area (Å²) < 4.78 is 30.3. The maximum Gasteiger partial charge on any atom is 0.306 e. The molecule has 1 N–H and O–H groups in total. The molecule has 10 heteroatoms. The zero-order chi connectivity index (χ0) is 54.3. The number of quaternary nitrogens is 1. The molecule has 0 aliphatic heterocycles. The Labute approximate surface area is 458 Å². The minimum atomic E-state index is -4.70. The molecule has 0 fully saturated rings. The summed E-state index contributed by atoms with van der Waals surface area (Å²) in [6.45, 7) is 6.80. The molecule has 3 atom stereocenters. The van der Waals surface area contributed by atoms with Gasteiger partial charge in [0, 0.05) is 12.8 Å². The van der Waals surface area contributed by atoms with Crippen LogP contribution in [0, 0.1) is 0 Å². The van der Waals surface area contributed by atoms with E-state index >= 15 is 0 Å². The molecular weight excluding hydrogens is 940 g/mol. The second-order valence-corrected chi connectivity index (χ2v) is 23.6. The van der Waals surface area contributed by atoms with Crippen LogP contribution in [-0.2, 0) is 27.9 Å². The van der Waals surface area contributed by atoms with Gasteiger partial charge in [0.05, 0.1) is 33.8 Å². The lowest BCUT2D eigenvalue weighted by atomic mass is 10.0. The normalized spacial score (nSPS) is 14.1. The number of unbranched alkanes of at least 4 members (excludes halogenated alkanes) is 32. The molecule has 0 aromatic heterocycles. The Bertz CT molecular complexity index is 1450. The van der Waals surface area contributed by atoms with Crippen LogP contribution in [0.1, 0.15) is 284 Å². The third-order valence-electron chi connectivity index (χ3n) is 13.7. The molecule has 0 aliphatic carbocycles. The van der Waals surface area contributed by atoms with E-state index in [4.69, 9.17) is 13.8 Å². The number of esters is 1. The van der Waals surface area contributed by atoms with Crippen molar-refractivity contribution in [2.24, 2.45) is 0 Å². The number of phosphoric acid groups is 1. The number of rotatable bonds is 56. The molecule has 0 bridgehead atoms. The van der Waals surface area contributed by atoms with Crippen LogP contribution in [0.25, 0.3) is 0 Å². The number of carbonyl (C=O) groups excluding carboxylic acids is 2. The van der Waals surface area contributed by atoms with E-state index in [0.717, 1.165) is 83.5 Å². The number of nitrogens with one attached hydrogen (secondary N) is 1. The zero-order valence-corrected chi connectivity index (χ0v) is 50.2. The SMILES string of the molecule is CCCCC/C=C\C/C=C\C/C=C\CCCCCCCCCCCCC(=O)OC(/C=C\CCCCCCCCCCC)C(COP(=O)([O-])OCC[N+](C)(C)C)NC(=O)CCCCC/C=C\CCCCCCCCC. The minimum Gasteiger partial charge on any atom is -0.756 e. The molecule has 0 saturated heterocycles. The Morgan fingerprint density at radius 1 is 0.473 bits per heavy atom. The molecule has 0 rings (SSSR count). The smallest absolute Gasteiger partial charge is 0.306 e. The predicted octanol–water partition coefficient (Wildman–Crippen LogP) is 18.4. The van der Waals surface area contributed by atoms with Gasteiger partial charge in [0.25, 0.3) is 7.82 Å². The van der Waals surface area contributed by atoms with Crippen molar-refractivity contribution in [3.8, 4) is 0 Å². The number of ether oxygens (including phenoxy) is 1. The van der Waals surface area contributed by atoms with Crippen LogP contribution in [0.3, 0.4) is 0 Å². The van der Waals surface area contributed by atoms with Crippen molar-refractivity contribution in [2.45, 2.75) is 296 Å². The fraction of sp³-hybridized carbons (Fsp3) is 0.812. The Balaban J connectivity index is 5.17. The average Bonchev–Trinajstić information content (AvgIpc) is 3.36. The molecular formula is C64H119N2O7P. The number of hydrogen-bond acceptors (Lipinski definition) is 7. The van der Waals surface area contributed by atoms with Crippen molar-refractivity contribution in [3.63, 3.8) is 0 Å². The summed E-state index contributed by atoms with van der Waals surface area (Å²) in [6, 6.07) is -0.897. The Kier molecular flexibility index (Phi) is 52.4. The van der Waals surface area contributed by atoms with E-state index in [-0.39, 0.29) is 24.9 Å². The van der Waals surface area contributed by atoms with Gasteiger partial charge in [-0.3, -0.25) is 14.2 Å². The number of nitrogens with zero attached hydrogens (tertiary/aromatic N) is 1. The van der Waals surface area contributed by atoms with Crippen LogP contribution in [-0.4, -0.2) is 69.4 Å². The molecule has 0 aromatic carbocycles. The molecule has 0 saturated carbocycles. The minimum absolute atomic E-state index is 0.0263. The summed E-state index contributed by atoms with van der Waals surface area (Å²) in [5.74, 6) is -0.560. The molecule has 74 heavy (non-hydrogen) atoms. The maximum absolute atomic E-state index is 13.5. The lowest BCUT2D eigenvalue weighted by molar-refractivity contribution is -0.870. The Morgan fingerprint density at radius 3 is 1.28 bits per heavy atom. The van der Waals surface area contributed by atoms with E-state index in [1.165, 1.54) is 161 Å². The van der Waals surface area contributed by atoms with Crippen LogP contribution < -0.4 is 10.2 Å². The third-order valence-corrected chi connectivity index (χ3v) is 14.6. The third kappa shape index (κ3) is 54.5. The summed E-state index contributed by atoms with van der Waals surface area (Å²) in [6.07, 6.45) is 67.6. The van der Waals surface area contributed by atoms with E-state index in [1.54, 1.807) is 0 Å². The first-order valence-electron chi connectivity index (χ1n) is 31.1. The van der Waals surface area contributed by atoms with Gasteiger partial charge < -0.3 is 28.5 Å². The Hall–Kier alpha value is -2.29. The van der Waals surface area contributed by atoms with E-state index in [2.05, 4.69) is 74.7 Å². The highest BCUT2D eigenvalue weighted by Crippen LogP contribution is 2.38. The van der Waals surface area contributed by atoms with Gasteiger partial charge in [-0.1, -0.05) is 236 Å². The summed E-state index contributed by atoms with van der Waals surface area (Å²) in [5, 5.41) is 3.01. The summed E-state index contributed by atoms with van der Waals surface area (Å²) in [5.41, 5.74) is 0. The van der Waals surface area contributed by atoms with Crippen LogP contribution in [0.15, 0.2) is 60.8 Å². The van der Waals surface area contributed by atoms with Crippen molar-refractivity contribution in [1.29, 1.82) is 0 Å². The number of carbonyl (C=O) groups is 2. The van der Waals surface area contributed by atoms with Crippen molar-refractivity contribution in [1.82, 2.24) is 5.32 Å². The fourth-order valence-electron chi connectivity index (χ4n) is 8.82. The number of amides is 1. The molecule has 9 nitrogen and oxygen atoms in total. The van der Waals surface area contributed by atoms with Gasteiger partial charge in [-0.2, -0.15) is 0 Å². The van der Waals surface area contributed by atoms with Gasteiger partial charge in [0.2, 0.25) is 5.91 Å². The van der Waals surface area contributed by atoms with Gasteiger partial charge >= 0.3 is 5.97 Å². The molecule has 0 radical (unpaired) electrons. The van der Waals surface area contributed by atoms with Crippen LogP contribution >= 0.6 is 7.82 Å². The number of phosphoric ester groups is 1. The second-order valence-electron chi connectivity index (χ2n) is 22.2. The standard InChI is InChI=1S/C64H119N2O7P/c1-7-10-13-16-19-22-25-27-29-30-31-32-33-34-35-36-37-39-42-45-48-51-54-57-64(68)73-62(55-52-49-46-43-40-24-21-18-15-12-9-3)61(60-72-74(69,70)71-59-58-66(4,5)6)65-63(67)56-53-50-47-44-41-38-28-26-23-20-17-14-11-8-2/h19,22,27,29,31-32,38,41,52,55,61-62H,7-18,20-21,23-26,28,30,33-37,39-40,42-51,53-54,56-60H2,1-6H3,(H-,65,67,69,70)/b22-19-,29-27-,32-31-,41-38-,55-52-. The maximum atomic E-state index is 13.5. The van der Waals surface area contributed by atoms with Crippen LogP contribution in [0.4, 0.5) is 0 Å². The average molecular weight is 1060 g/mol. The van der Waals surface area contributed by atoms with Crippen molar-refractivity contribution in [3.05, 3.63) is 60.8 Å². The van der Waals surface area contributed by atoms with E-state index in [0.29, 0.717) is 23.9 Å². The van der Waals surface area contributed by atoms with Gasteiger partial charge in [-0.05, 0) is 96.0 Å². The quantitative estimate of drug-likeness (QED) is 0.0212. The second kappa shape index (κ2) is 54.1. The zero-order valence-electron chi connectivity index (χ0n) is 49.3. The molecule has 1 amide bonds. The molecule has 0 spiro atoms. The highest BCUT2D eigenvalue weighted by atomic mass is 31.2. The van der Waals surface area contributed by atoms with E-state index in [9.17, 15) is 19.0 Å². The highest BCUT2D eigenvalue weighted by Gasteiger charge is 2.27. The highest BCUT2D eigenvalue weighted by molar-refractivity contribution is 7.45. The summed E-state index contributed by atoms with van der Waals surface area (Å²) in [4.78, 5) is 39.9. The number of allylic oxidation sites excluding steroid dienone is 9. The van der Waals surface area contributed by atoms with Gasteiger partial charge in [0.1, 0.15) is 19.3 Å². The molecule has 0 heterocycles.